The highest BCUT2D eigenvalue weighted by Crippen LogP contribution is 2.40. The first-order valence-corrected chi connectivity index (χ1v) is 16.8. The third-order valence-corrected chi connectivity index (χ3v) is 9.94. The van der Waals surface area contributed by atoms with Gasteiger partial charge in [0.15, 0.2) is 5.58 Å². The van der Waals surface area contributed by atoms with Gasteiger partial charge in [-0.1, -0.05) is 115 Å². The van der Waals surface area contributed by atoms with Crippen molar-refractivity contribution in [3.05, 3.63) is 158 Å². The molecule has 0 bridgehead atoms. The van der Waals surface area contributed by atoms with Gasteiger partial charge >= 0.3 is 0 Å². The van der Waals surface area contributed by atoms with E-state index in [2.05, 4.69) is 138 Å². The van der Waals surface area contributed by atoms with Crippen LogP contribution in [0.15, 0.2) is 162 Å². The van der Waals surface area contributed by atoms with Crippen molar-refractivity contribution in [1.29, 1.82) is 0 Å². The summed E-state index contributed by atoms with van der Waals surface area (Å²) in [5.74, 6) is 0. The van der Waals surface area contributed by atoms with E-state index in [0.29, 0.717) is 0 Å². The lowest BCUT2D eigenvalue weighted by Gasteiger charge is -2.09. The number of imidazole rings is 1. The Morgan fingerprint density at radius 1 is 0.440 bits per heavy atom. The van der Waals surface area contributed by atoms with Gasteiger partial charge in [0.25, 0.3) is 0 Å². The minimum absolute atomic E-state index is 0.848. The summed E-state index contributed by atoms with van der Waals surface area (Å²) in [6.07, 6.45) is 0. The van der Waals surface area contributed by atoms with Crippen LogP contribution < -0.4 is 0 Å². The van der Waals surface area contributed by atoms with E-state index >= 15 is 0 Å². The van der Waals surface area contributed by atoms with Gasteiger partial charge in [0.1, 0.15) is 16.7 Å². The predicted octanol–water partition coefficient (Wildman–Crippen LogP) is 11.6. The van der Waals surface area contributed by atoms with Crippen LogP contribution in [0.4, 0.5) is 0 Å². The summed E-state index contributed by atoms with van der Waals surface area (Å²) in [6, 6.07) is 54.8. The first-order chi connectivity index (χ1) is 24.8. The second-order valence-corrected chi connectivity index (χ2v) is 12.8. The Bertz CT molecular complexity index is 3160. The summed E-state index contributed by atoms with van der Waals surface area (Å²) in [6.45, 7) is 0. The molecule has 0 amide bonds. The number of rotatable bonds is 3. The van der Waals surface area contributed by atoms with Crippen molar-refractivity contribution in [3.63, 3.8) is 0 Å². The molecule has 232 valence electrons. The zero-order valence-electron chi connectivity index (χ0n) is 26.7. The first-order valence-electron chi connectivity index (χ1n) is 16.8. The molecule has 0 aliphatic carbocycles. The van der Waals surface area contributed by atoms with Gasteiger partial charge in [-0.05, 0) is 53.6 Å². The topological polar surface area (TPSA) is 56.2 Å². The molecule has 11 rings (SSSR count). The van der Waals surface area contributed by atoms with Crippen LogP contribution in [0.25, 0.3) is 105 Å². The molecule has 50 heavy (non-hydrogen) atoms. The molecule has 0 aliphatic rings. The maximum absolute atomic E-state index is 6.62. The van der Waals surface area contributed by atoms with Crippen molar-refractivity contribution in [2.24, 2.45) is 0 Å². The number of para-hydroxylation sites is 2. The maximum atomic E-state index is 6.62. The van der Waals surface area contributed by atoms with Gasteiger partial charge in [-0.15, -0.1) is 0 Å². The average Bonchev–Trinajstić information content (AvgIpc) is 3.77. The molecule has 0 fully saturated rings. The fraction of sp³-hybridized carbons (Fsp3) is 0. The molecule has 5 nitrogen and oxygen atoms in total. The second-order valence-electron chi connectivity index (χ2n) is 12.8. The van der Waals surface area contributed by atoms with Gasteiger partial charge in [0.05, 0.1) is 33.5 Å². The smallest absolute Gasteiger partial charge is 0.160 e. The van der Waals surface area contributed by atoms with Crippen molar-refractivity contribution >= 4 is 71.3 Å². The minimum atomic E-state index is 0.848. The van der Waals surface area contributed by atoms with E-state index in [1.165, 1.54) is 0 Å². The fourth-order valence-corrected chi connectivity index (χ4v) is 7.53. The zero-order valence-corrected chi connectivity index (χ0v) is 26.7. The van der Waals surface area contributed by atoms with E-state index in [4.69, 9.17) is 19.4 Å². The lowest BCUT2D eigenvalue weighted by atomic mass is 9.99. The number of pyridine rings is 3. The SMILES string of the molecule is c1ccc(-c2ccc3ccc4ccc(-c5cccc(-c6ccc7oc8c9ccccc9c9nc%10ccccc%10n9c8c7c6)c5)nc4c3n2)cc1. The van der Waals surface area contributed by atoms with E-state index < -0.39 is 0 Å². The summed E-state index contributed by atoms with van der Waals surface area (Å²) < 4.78 is 8.89. The summed E-state index contributed by atoms with van der Waals surface area (Å²) in [4.78, 5) is 15.4. The van der Waals surface area contributed by atoms with Crippen LogP contribution in [-0.2, 0) is 0 Å². The molecule has 0 unspecified atom stereocenters. The molecule has 0 radical (unpaired) electrons. The largest absolute Gasteiger partial charge is 0.454 e. The molecular formula is C45H26N4O. The van der Waals surface area contributed by atoms with Crippen LogP contribution in [0, 0.1) is 0 Å². The lowest BCUT2D eigenvalue weighted by Crippen LogP contribution is -1.91. The standard InChI is InChI=1S/C45H26N4O/c1-2-9-27(10-3-1)36-22-19-28-17-18-29-20-23-37(47-42(29)41(28)46-36)32-12-8-11-30(25-32)31-21-24-40-35(26-31)43-44(50-40)33-13-4-5-14-34(33)45-48-38-15-6-7-16-39(38)49(43)45/h1-26H. The molecule has 5 heterocycles. The molecule has 0 spiro atoms. The van der Waals surface area contributed by atoms with Crippen molar-refractivity contribution in [1.82, 2.24) is 19.4 Å². The van der Waals surface area contributed by atoms with Gasteiger partial charge in [0, 0.05) is 38.1 Å². The number of nitrogens with zero attached hydrogens (tertiary/aromatic N) is 4. The van der Waals surface area contributed by atoms with Gasteiger partial charge < -0.3 is 4.42 Å². The monoisotopic (exact) mass is 638 g/mol. The Hall–Kier alpha value is -6.85. The van der Waals surface area contributed by atoms with E-state index in [0.717, 1.165) is 105 Å². The number of hydrogen-bond acceptors (Lipinski definition) is 4. The summed E-state index contributed by atoms with van der Waals surface area (Å²) in [5, 5.41) is 5.33. The summed E-state index contributed by atoms with van der Waals surface area (Å²) >= 11 is 0. The van der Waals surface area contributed by atoms with Crippen LogP contribution in [0.5, 0.6) is 0 Å². The molecule has 0 saturated carbocycles. The van der Waals surface area contributed by atoms with E-state index in [1.54, 1.807) is 0 Å². The number of fused-ring (bicyclic) bond motifs is 13. The number of aromatic nitrogens is 4. The molecule has 0 saturated heterocycles. The van der Waals surface area contributed by atoms with Crippen molar-refractivity contribution in [3.8, 4) is 33.6 Å². The average molecular weight is 639 g/mol. The first kappa shape index (κ1) is 27.1. The van der Waals surface area contributed by atoms with Crippen LogP contribution in [0.3, 0.4) is 0 Å². The van der Waals surface area contributed by atoms with Crippen LogP contribution in [0.1, 0.15) is 0 Å². The van der Waals surface area contributed by atoms with Gasteiger partial charge in [-0.3, -0.25) is 4.40 Å². The van der Waals surface area contributed by atoms with Gasteiger partial charge in [0.2, 0.25) is 0 Å². The Morgan fingerprint density at radius 3 is 1.90 bits per heavy atom. The van der Waals surface area contributed by atoms with E-state index in [9.17, 15) is 0 Å². The Morgan fingerprint density at radius 2 is 1.08 bits per heavy atom. The molecule has 0 aliphatic heterocycles. The highest BCUT2D eigenvalue weighted by molar-refractivity contribution is 6.19. The van der Waals surface area contributed by atoms with Crippen molar-refractivity contribution in [2.75, 3.05) is 0 Å². The van der Waals surface area contributed by atoms with Crippen molar-refractivity contribution < 1.29 is 4.42 Å². The van der Waals surface area contributed by atoms with Gasteiger partial charge in [-0.2, -0.15) is 0 Å². The molecule has 5 heteroatoms. The quantitative estimate of drug-likeness (QED) is 0.181. The van der Waals surface area contributed by atoms with E-state index in [1.807, 2.05) is 24.3 Å². The molecule has 0 atom stereocenters. The minimum Gasteiger partial charge on any atom is -0.454 e. The zero-order chi connectivity index (χ0) is 32.8. The maximum Gasteiger partial charge on any atom is 0.160 e. The lowest BCUT2D eigenvalue weighted by molar-refractivity contribution is 0.672. The normalized spacial score (nSPS) is 12.0. The Labute approximate surface area is 285 Å². The number of hydrogen-bond donors (Lipinski definition) is 0. The molecule has 6 aromatic carbocycles. The van der Waals surface area contributed by atoms with Gasteiger partial charge in [-0.25, -0.2) is 15.0 Å². The Balaban J connectivity index is 1.08. The fourth-order valence-electron chi connectivity index (χ4n) is 7.53. The highest BCUT2D eigenvalue weighted by atomic mass is 16.3. The Kier molecular flexibility index (Phi) is 5.60. The number of furan rings is 1. The third kappa shape index (κ3) is 3.98. The number of benzene rings is 6. The summed E-state index contributed by atoms with van der Waals surface area (Å²) in [5.41, 5.74) is 13.7. The van der Waals surface area contributed by atoms with Crippen LogP contribution >= 0.6 is 0 Å². The molecule has 11 aromatic rings. The predicted molar refractivity (Wildman–Crippen MR) is 204 cm³/mol. The van der Waals surface area contributed by atoms with Crippen molar-refractivity contribution in [2.45, 2.75) is 0 Å². The van der Waals surface area contributed by atoms with E-state index in [-0.39, 0.29) is 0 Å². The summed E-state index contributed by atoms with van der Waals surface area (Å²) in [7, 11) is 0. The molecule has 0 N–H and O–H groups in total. The van der Waals surface area contributed by atoms with Crippen LogP contribution in [0.2, 0.25) is 0 Å². The molecular weight excluding hydrogens is 613 g/mol. The van der Waals surface area contributed by atoms with Crippen LogP contribution in [-0.4, -0.2) is 19.4 Å². The third-order valence-electron chi connectivity index (χ3n) is 9.94. The second kappa shape index (κ2) is 10.3. The molecule has 5 aromatic heterocycles. The highest BCUT2D eigenvalue weighted by Gasteiger charge is 2.19.